The molecule has 0 amide bonds. The summed E-state index contributed by atoms with van der Waals surface area (Å²) in [7, 11) is -2.39. The fourth-order valence-corrected chi connectivity index (χ4v) is 7.84. The second-order valence-electron chi connectivity index (χ2n) is 7.16. The van der Waals surface area contributed by atoms with Crippen molar-refractivity contribution >= 4 is 34.6 Å². The molecule has 2 aromatic rings. The van der Waals surface area contributed by atoms with Crippen molar-refractivity contribution in [1.82, 2.24) is 0 Å². The summed E-state index contributed by atoms with van der Waals surface area (Å²) in [6, 6.07) is 21.5. The quantitative estimate of drug-likeness (QED) is 0.379. The Morgan fingerprint density at radius 1 is 0.958 bits per heavy atom. The van der Waals surface area contributed by atoms with Crippen molar-refractivity contribution in [2.45, 2.75) is 32.7 Å². The van der Waals surface area contributed by atoms with Crippen molar-refractivity contribution in [1.29, 1.82) is 0 Å². The molecule has 0 heterocycles. The van der Waals surface area contributed by atoms with E-state index in [1.165, 1.54) is 15.9 Å². The van der Waals surface area contributed by atoms with Crippen LogP contribution in [-0.2, 0) is 4.43 Å². The largest absolute Gasteiger partial charge is 0.404 e. The van der Waals surface area contributed by atoms with Gasteiger partial charge in [0, 0.05) is 5.33 Å². The zero-order valence-electron chi connectivity index (χ0n) is 15.1. The van der Waals surface area contributed by atoms with Crippen LogP contribution in [0.3, 0.4) is 0 Å². The third-order valence-corrected chi connectivity index (χ3v) is 10.2. The van der Waals surface area contributed by atoms with E-state index in [0.717, 1.165) is 5.33 Å². The van der Waals surface area contributed by atoms with E-state index in [4.69, 9.17) is 4.43 Å². The van der Waals surface area contributed by atoms with E-state index in [1.807, 2.05) is 0 Å². The molecule has 0 unspecified atom stereocenters. The van der Waals surface area contributed by atoms with Crippen LogP contribution in [0.5, 0.6) is 0 Å². The SMILES string of the molecule is C/C(=C\CO[Si](c1ccccc1)(c1ccccc1)C(C)(C)C)CBr. The predicted octanol–water partition coefficient (Wildman–Crippen LogP) is 4.90. The molecule has 0 radical (unpaired) electrons. The molecule has 24 heavy (non-hydrogen) atoms. The molecule has 0 atom stereocenters. The van der Waals surface area contributed by atoms with Gasteiger partial charge < -0.3 is 4.43 Å². The Morgan fingerprint density at radius 2 is 1.42 bits per heavy atom. The van der Waals surface area contributed by atoms with Gasteiger partial charge in [-0.25, -0.2) is 0 Å². The lowest BCUT2D eigenvalue weighted by Crippen LogP contribution is -2.66. The average Bonchev–Trinajstić information content (AvgIpc) is 2.59. The molecule has 0 aliphatic rings. The third-order valence-electron chi connectivity index (χ3n) is 4.36. The summed E-state index contributed by atoms with van der Waals surface area (Å²) in [5.41, 5.74) is 1.30. The highest BCUT2D eigenvalue weighted by Crippen LogP contribution is 2.36. The number of halogens is 1. The lowest BCUT2D eigenvalue weighted by molar-refractivity contribution is 0.338. The van der Waals surface area contributed by atoms with Crippen LogP contribution in [0.25, 0.3) is 0 Å². The number of benzene rings is 2. The molecule has 3 heteroatoms. The van der Waals surface area contributed by atoms with Gasteiger partial charge in [0.25, 0.3) is 8.32 Å². The maximum Gasteiger partial charge on any atom is 0.261 e. The minimum atomic E-state index is -2.39. The Bertz CT molecular complexity index is 620. The summed E-state index contributed by atoms with van der Waals surface area (Å²) in [4.78, 5) is 0. The standard InChI is InChI=1S/C21H27BrOSi/c1-18(17-22)15-16-23-24(21(2,3)4,19-11-7-5-8-12-19)20-13-9-6-10-14-20/h5-15H,16-17H2,1-4H3/b18-15+. The molecule has 0 saturated carbocycles. The summed E-state index contributed by atoms with van der Waals surface area (Å²) in [5, 5.41) is 3.57. The van der Waals surface area contributed by atoms with Crippen molar-refractivity contribution in [2.24, 2.45) is 0 Å². The Kier molecular flexibility index (Phi) is 6.61. The molecule has 0 spiro atoms. The van der Waals surface area contributed by atoms with Crippen LogP contribution in [-0.4, -0.2) is 20.3 Å². The molecule has 2 aromatic carbocycles. The summed E-state index contributed by atoms with van der Waals surface area (Å²) in [5.74, 6) is 0. The highest BCUT2D eigenvalue weighted by Gasteiger charge is 2.49. The van der Waals surface area contributed by atoms with Gasteiger partial charge in [0.05, 0.1) is 6.61 Å². The van der Waals surface area contributed by atoms with E-state index < -0.39 is 8.32 Å². The van der Waals surface area contributed by atoms with Crippen molar-refractivity contribution in [3.05, 3.63) is 72.3 Å². The smallest absolute Gasteiger partial charge is 0.261 e. The summed E-state index contributed by atoms with van der Waals surface area (Å²) >= 11 is 3.51. The first-order valence-electron chi connectivity index (χ1n) is 8.38. The minimum absolute atomic E-state index is 0.0336. The van der Waals surface area contributed by atoms with Gasteiger partial charge in [0.2, 0.25) is 0 Å². The van der Waals surface area contributed by atoms with E-state index in [2.05, 4.69) is 110 Å². The molecule has 0 fully saturated rings. The second kappa shape index (κ2) is 8.28. The molecule has 0 aliphatic heterocycles. The molecule has 0 N–H and O–H groups in total. The lowest BCUT2D eigenvalue weighted by Gasteiger charge is -2.42. The van der Waals surface area contributed by atoms with Crippen molar-refractivity contribution in [3.8, 4) is 0 Å². The van der Waals surface area contributed by atoms with E-state index >= 15 is 0 Å². The average molecular weight is 403 g/mol. The summed E-state index contributed by atoms with van der Waals surface area (Å²) < 4.78 is 6.78. The molecule has 2 rings (SSSR count). The monoisotopic (exact) mass is 402 g/mol. The number of allylic oxidation sites excluding steroid dienone is 1. The van der Waals surface area contributed by atoms with Gasteiger partial charge in [-0.1, -0.05) is 109 Å². The zero-order chi connectivity index (χ0) is 17.6. The van der Waals surface area contributed by atoms with Crippen LogP contribution in [0.1, 0.15) is 27.7 Å². The highest BCUT2D eigenvalue weighted by atomic mass is 79.9. The Morgan fingerprint density at radius 3 is 1.79 bits per heavy atom. The summed E-state index contributed by atoms with van der Waals surface area (Å²) in [6.07, 6.45) is 2.19. The van der Waals surface area contributed by atoms with Crippen LogP contribution in [0.2, 0.25) is 5.04 Å². The molecule has 1 nitrogen and oxygen atoms in total. The van der Waals surface area contributed by atoms with Crippen LogP contribution >= 0.6 is 15.9 Å². The fraction of sp³-hybridized carbons (Fsp3) is 0.333. The Labute approximate surface area is 156 Å². The number of rotatable bonds is 6. The molecule has 0 aliphatic carbocycles. The van der Waals surface area contributed by atoms with Gasteiger partial charge in [-0.2, -0.15) is 0 Å². The molecule has 0 saturated heterocycles. The molecule has 128 valence electrons. The Balaban J connectivity index is 2.57. The normalized spacial score (nSPS) is 13.1. The Hall–Kier alpha value is -1.16. The van der Waals surface area contributed by atoms with Gasteiger partial charge in [0.15, 0.2) is 0 Å². The topological polar surface area (TPSA) is 9.23 Å². The minimum Gasteiger partial charge on any atom is -0.404 e. The highest BCUT2D eigenvalue weighted by molar-refractivity contribution is 9.09. The zero-order valence-corrected chi connectivity index (χ0v) is 17.6. The van der Waals surface area contributed by atoms with E-state index in [1.54, 1.807) is 0 Å². The second-order valence-corrected chi connectivity index (χ2v) is 12.0. The van der Waals surface area contributed by atoms with Crippen LogP contribution < -0.4 is 10.4 Å². The first-order chi connectivity index (χ1) is 11.4. The van der Waals surface area contributed by atoms with Crippen LogP contribution in [0.4, 0.5) is 0 Å². The van der Waals surface area contributed by atoms with Gasteiger partial charge >= 0.3 is 0 Å². The van der Waals surface area contributed by atoms with Gasteiger partial charge in [-0.15, -0.1) is 0 Å². The predicted molar refractivity (Wildman–Crippen MR) is 111 cm³/mol. The maximum absolute atomic E-state index is 6.78. The first kappa shape index (κ1) is 19.2. The number of hydrogen-bond acceptors (Lipinski definition) is 1. The molecule has 0 aromatic heterocycles. The molecular weight excluding hydrogens is 376 g/mol. The van der Waals surface area contributed by atoms with Gasteiger partial charge in [-0.05, 0) is 22.3 Å². The van der Waals surface area contributed by atoms with Crippen LogP contribution in [0.15, 0.2) is 72.3 Å². The van der Waals surface area contributed by atoms with Crippen molar-refractivity contribution in [2.75, 3.05) is 11.9 Å². The van der Waals surface area contributed by atoms with E-state index in [0.29, 0.717) is 6.61 Å². The summed E-state index contributed by atoms with van der Waals surface area (Å²) in [6.45, 7) is 9.69. The van der Waals surface area contributed by atoms with Gasteiger partial charge in [0.1, 0.15) is 0 Å². The first-order valence-corrected chi connectivity index (χ1v) is 11.4. The fourth-order valence-electron chi connectivity index (χ4n) is 3.13. The van der Waals surface area contributed by atoms with Crippen molar-refractivity contribution < 1.29 is 4.43 Å². The van der Waals surface area contributed by atoms with Crippen molar-refractivity contribution in [3.63, 3.8) is 0 Å². The van der Waals surface area contributed by atoms with E-state index in [-0.39, 0.29) is 5.04 Å². The third kappa shape index (κ3) is 4.08. The lowest BCUT2D eigenvalue weighted by atomic mass is 10.2. The van der Waals surface area contributed by atoms with Crippen LogP contribution in [0, 0.1) is 0 Å². The molecular formula is C21H27BrOSi. The number of alkyl halides is 1. The number of hydrogen-bond donors (Lipinski definition) is 0. The van der Waals surface area contributed by atoms with Gasteiger partial charge in [-0.3, -0.25) is 0 Å². The van der Waals surface area contributed by atoms with E-state index in [9.17, 15) is 0 Å². The molecule has 0 bridgehead atoms. The maximum atomic E-state index is 6.78.